The van der Waals surface area contributed by atoms with Gasteiger partial charge in [0.15, 0.2) is 0 Å². The molecule has 2 atom stereocenters. The largest absolute Gasteiger partial charge is 0.458 e. The molecule has 0 fully saturated rings. The Morgan fingerprint density at radius 2 is 0.597 bits per heavy atom. The standard InChI is InChI=1S/C54H86O8/c1-3-5-7-9-11-13-15-17-19-21-23-25-27-29-37-43-49(55)61-51(53(57)59-45-47-39-33-31-34-40-47)52(54(58)60-46-48-41-35-32-36-42-48)62-50(56)44-38-30-28-26-24-22-20-18-16-14-12-10-8-6-4-2/h31-36,39-42,51-52H,3-30,37-38,43-46H2,1-2H3/t51-,52-/m1/s1. The van der Waals surface area contributed by atoms with E-state index in [1.165, 1.54) is 141 Å². The van der Waals surface area contributed by atoms with Crippen molar-refractivity contribution in [1.82, 2.24) is 0 Å². The lowest BCUT2D eigenvalue weighted by Crippen LogP contribution is -2.47. The molecule has 350 valence electrons. The van der Waals surface area contributed by atoms with Gasteiger partial charge in [-0.15, -0.1) is 0 Å². The van der Waals surface area contributed by atoms with Crippen LogP contribution in [-0.2, 0) is 51.3 Å². The van der Waals surface area contributed by atoms with Gasteiger partial charge in [0, 0.05) is 12.8 Å². The monoisotopic (exact) mass is 863 g/mol. The molecule has 8 nitrogen and oxygen atoms in total. The van der Waals surface area contributed by atoms with Crippen LogP contribution in [0.25, 0.3) is 0 Å². The number of benzene rings is 2. The van der Waals surface area contributed by atoms with Gasteiger partial charge in [0.05, 0.1) is 0 Å². The van der Waals surface area contributed by atoms with Gasteiger partial charge in [-0.2, -0.15) is 0 Å². The molecule has 0 bridgehead atoms. The summed E-state index contributed by atoms with van der Waals surface area (Å²) in [5, 5.41) is 0. The molecule has 0 saturated heterocycles. The van der Waals surface area contributed by atoms with Crippen molar-refractivity contribution in [3.8, 4) is 0 Å². The van der Waals surface area contributed by atoms with E-state index in [9.17, 15) is 19.2 Å². The highest BCUT2D eigenvalue weighted by molar-refractivity contribution is 5.89. The normalized spacial score (nSPS) is 12.1. The molecule has 0 aromatic heterocycles. The van der Waals surface area contributed by atoms with Crippen molar-refractivity contribution in [3.05, 3.63) is 71.8 Å². The summed E-state index contributed by atoms with van der Waals surface area (Å²) in [5.74, 6) is -3.25. The average molecular weight is 863 g/mol. The Kier molecular flexibility index (Phi) is 34.2. The summed E-state index contributed by atoms with van der Waals surface area (Å²) in [6.45, 7) is 4.30. The summed E-state index contributed by atoms with van der Waals surface area (Å²) in [6, 6.07) is 18.2. The van der Waals surface area contributed by atoms with E-state index in [2.05, 4.69) is 13.8 Å². The summed E-state index contributed by atoms with van der Waals surface area (Å²) in [4.78, 5) is 53.9. The first kappa shape index (κ1) is 54.5. The van der Waals surface area contributed by atoms with Crippen LogP contribution < -0.4 is 0 Å². The van der Waals surface area contributed by atoms with Gasteiger partial charge in [-0.25, -0.2) is 9.59 Å². The van der Waals surface area contributed by atoms with Crippen LogP contribution in [0.4, 0.5) is 0 Å². The lowest BCUT2D eigenvalue weighted by atomic mass is 10.0. The maximum atomic E-state index is 13.7. The first-order valence-corrected chi connectivity index (χ1v) is 25.2. The summed E-state index contributed by atoms with van der Waals surface area (Å²) < 4.78 is 22.5. The molecule has 0 radical (unpaired) electrons. The Morgan fingerprint density at radius 3 is 0.855 bits per heavy atom. The minimum absolute atomic E-state index is 0.0690. The Labute approximate surface area is 377 Å². The topological polar surface area (TPSA) is 105 Å². The Morgan fingerprint density at radius 1 is 0.355 bits per heavy atom. The average Bonchev–Trinajstić information content (AvgIpc) is 3.29. The third-order valence-electron chi connectivity index (χ3n) is 11.7. The predicted molar refractivity (Wildman–Crippen MR) is 251 cm³/mol. The molecule has 2 rings (SSSR count). The second-order valence-electron chi connectivity index (χ2n) is 17.4. The molecule has 0 spiro atoms. The van der Waals surface area contributed by atoms with Crippen molar-refractivity contribution in [3.63, 3.8) is 0 Å². The van der Waals surface area contributed by atoms with Crippen molar-refractivity contribution < 1.29 is 38.1 Å². The number of rotatable bonds is 41. The quantitative estimate of drug-likeness (QED) is 0.0370. The summed E-state index contributed by atoms with van der Waals surface area (Å²) in [6.07, 6.45) is 32.6. The molecule has 8 heteroatoms. The number of carbonyl (C=O) groups excluding carboxylic acids is 4. The van der Waals surface area contributed by atoms with Gasteiger partial charge in [-0.3, -0.25) is 9.59 Å². The molecule has 0 amide bonds. The van der Waals surface area contributed by atoms with E-state index >= 15 is 0 Å². The number of carbonyl (C=O) groups is 4. The third kappa shape index (κ3) is 29.6. The van der Waals surface area contributed by atoms with Crippen molar-refractivity contribution >= 4 is 23.9 Å². The van der Waals surface area contributed by atoms with Gasteiger partial charge in [-0.05, 0) is 24.0 Å². The third-order valence-corrected chi connectivity index (χ3v) is 11.7. The van der Waals surface area contributed by atoms with Crippen LogP contribution >= 0.6 is 0 Å². The van der Waals surface area contributed by atoms with Gasteiger partial charge in [0.2, 0.25) is 12.2 Å². The molecular weight excluding hydrogens is 777 g/mol. The van der Waals surface area contributed by atoms with Crippen LogP contribution in [-0.4, -0.2) is 36.1 Å². The summed E-state index contributed by atoms with van der Waals surface area (Å²) in [5.41, 5.74) is 1.44. The van der Waals surface area contributed by atoms with E-state index in [0.29, 0.717) is 12.8 Å². The SMILES string of the molecule is CCCCCCCCCCCCCCCCCC(=O)O[C@@H](C(=O)OCc1ccccc1)[C@@H](OC(=O)CCCCCCCCCCCCCCCCC)C(=O)OCc1ccccc1. The fourth-order valence-electron chi connectivity index (χ4n) is 7.77. The van der Waals surface area contributed by atoms with Crippen LogP contribution in [0, 0.1) is 0 Å². The first-order chi connectivity index (χ1) is 30.4. The number of unbranched alkanes of at least 4 members (excludes halogenated alkanes) is 28. The molecule has 2 aromatic rings. The molecule has 0 unspecified atom stereocenters. The molecule has 2 aromatic carbocycles. The maximum Gasteiger partial charge on any atom is 0.352 e. The Bertz CT molecular complexity index is 1270. The smallest absolute Gasteiger partial charge is 0.352 e. The highest BCUT2D eigenvalue weighted by Gasteiger charge is 2.42. The van der Waals surface area contributed by atoms with E-state index in [1.54, 1.807) is 24.3 Å². The maximum absolute atomic E-state index is 13.7. The minimum Gasteiger partial charge on any atom is -0.458 e. The van der Waals surface area contributed by atoms with Crippen LogP contribution in [0.3, 0.4) is 0 Å². The molecule has 0 heterocycles. The lowest BCUT2D eigenvalue weighted by Gasteiger charge is -2.24. The van der Waals surface area contributed by atoms with Crippen molar-refractivity contribution in [1.29, 1.82) is 0 Å². The zero-order valence-corrected chi connectivity index (χ0v) is 39.2. The van der Waals surface area contributed by atoms with Gasteiger partial charge in [-0.1, -0.05) is 254 Å². The van der Waals surface area contributed by atoms with E-state index in [4.69, 9.17) is 18.9 Å². The molecular formula is C54H86O8. The predicted octanol–water partition coefficient (Wildman–Crippen LogP) is 14.8. The molecule has 0 aliphatic rings. The molecule has 0 saturated carbocycles. The van der Waals surface area contributed by atoms with E-state index in [1.807, 2.05) is 36.4 Å². The van der Waals surface area contributed by atoms with Gasteiger partial charge < -0.3 is 18.9 Å². The van der Waals surface area contributed by atoms with E-state index in [-0.39, 0.29) is 26.1 Å². The number of ether oxygens (including phenoxy) is 4. The summed E-state index contributed by atoms with van der Waals surface area (Å²) in [7, 11) is 0. The second-order valence-corrected chi connectivity index (χ2v) is 17.4. The minimum atomic E-state index is -1.81. The first-order valence-electron chi connectivity index (χ1n) is 25.2. The number of hydrogen-bond donors (Lipinski definition) is 0. The van der Waals surface area contributed by atoms with Gasteiger partial charge >= 0.3 is 23.9 Å². The van der Waals surface area contributed by atoms with E-state index in [0.717, 1.165) is 49.7 Å². The van der Waals surface area contributed by atoms with E-state index < -0.39 is 36.1 Å². The second kappa shape index (κ2) is 39.0. The van der Waals surface area contributed by atoms with Gasteiger partial charge in [0.25, 0.3) is 0 Å². The van der Waals surface area contributed by atoms with Crippen molar-refractivity contribution in [2.75, 3.05) is 0 Å². The zero-order valence-electron chi connectivity index (χ0n) is 39.2. The van der Waals surface area contributed by atoms with Crippen LogP contribution in [0.15, 0.2) is 60.7 Å². The zero-order chi connectivity index (χ0) is 44.6. The Hall–Kier alpha value is -3.68. The lowest BCUT2D eigenvalue weighted by molar-refractivity contribution is -0.193. The molecule has 0 aliphatic heterocycles. The van der Waals surface area contributed by atoms with Crippen molar-refractivity contribution in [2.45, 2.75) is 245 Å². The number of hydrogen-bond acceptors (Lipinski definition) is 8. The number of esters is 4. The van der Waals surface area contributed by atoms with Crippen LogP contribution in [0.2, 0.25) is 0 Å². The van der Waals surface area contributed by atoms with Crippen LogP contribution in [0.1, 0.15) is 230 Å². The van der Waals surface area contributed by atoms with Crippen molar-refractivity contribution in [2.24, 2.45) is 0 Å². The molecule has 0 N–H and O–H groups in total. The molecule has 0 aliphatic carbocycles. The highest BCUT2D eigenvalue weighted by atomic mass is 16.6. The highest BCUT2D eigenvalue weighted by Crippen LogP contribution is 2.19. The fourth-order valence-corrected chi connectivity index (χ4v) is 7.77. The Balaban J connectivity index is 1.88. The summed E-state index contributed by atoms with van der Waals surface area (Å²) >= 11 is 0. The molecule has 62 heavy (non-hydrogen) atoms. The fraction of sp³-hybridized carbons (Fsp3) is 0.704. The van der Waals surface area contributed by atoms with Gasteiger partial charge in [0.1, 0.15) is 13.2 Å². The van der Waals surface area contributed by atoms with Crippen LogP contribution in [0.5, 0.6) is 0 Å².